The fraction of sp³-hybridized carbons (Fsp3) is 0.333. The summed E-state index contributed by atoms with van der Waals surface area (Å²) in [6.45, 7) is 0.601. The Morgan fingerprint density at radius 2 is 1.97 bits per heavy atom. The molecular formula is C21H21F3N4OS2. The largest absolute Gasteiger partial charge is 0.433 e. The Morgan fingerprint density at radius 1 is 1.19 bits per heavy atom. The molecule has 2 aromatic heterocycles. The lowest BCUT2D eigenvalue weighted by atomic mass is 10.2. The third-order valence-electron chi connectivity index (χ3n) is 4.74. The average Bonchev–Trinajstić information content (AvgIpc) is 3.44. The number of nitrogens with one attached hydrogen (secondary N) is 1. The van der Waals surface area contributed by atoms with Crippen LogP contribution in [0.4, 0.5) is 18.9 Å². The second-order valence-electron chi connectivity index (χ2n) is 7.24. The number of hydrogen-bond donors (Lipinski definition) is 1. The van der Waals surface area contributed by atoms with Gasteiger partial charge in [0.25, 0.3) is 0 Å². The number of alkyl halides is 3. The van der Waals surface area contributed by atoms with Crippen LogP contribution in [0.5, 0.6) is 0 Å². The minimum Gasteiger partial charge on any atom is -0.378 e. The lowest BCUT2D eigenvalue weighted by Gasteiger charge is -2.16. The minimum atomic E-state index is -4.53. The van der Waals surface area contributed by atoms with Gasteiger partial charge in [-0.05, 0) is 35.2 Å². The number of benzene rings is 1. The summed E-state index contributed by atoms with van der Waals surface area (Å²) in [5.41, 5.74) is 1.45. The van der Waals surface area contributed by atoms with E-state index in [1.165, 1.54) is 23.1 Å². The molecule has 0 radical (unpaired) electrons. The molecule has 0 amide bonds. The Hall–Kier alpha value is -2.14. The normalized spacial score (nSPS) is 19.0. The van der Waals surface area contributed by atoms with E-state index in [0.29, 0.717) is 17.2 Å². The second kappa shape index (κ2) is 9.15. The maximum Gasteiger partial charge on any atom is 0.433 e. The smallest absolute Gasteiger partial charge is 0.378 e. The molecule has 2 unspecified atom stereocenters. The SMILES string of the molecule is CN(C)c1ccc(C2NCC(CSc3nc(-c4cccs4)cc(C(F)(F)F)n3)O2)cc1. The third kappa shape index (κ3) is 5.38. The van der Waals surface area contributed by atoms with Gasteiger partial charge in [-0.15, -0.1) is 11.3 Å². The molecule has 0 aliphatic carbocycles. The monoisotopic (exact) mass is 466 g/mol. The topological polar surface area (TPSA) is 50.3 Å². The van der Waals surface area contributed by atoms with Crippen LogP contribution >= 0.6 is 23.1 Å². The zero-order chi connectivity index (χ0) is 22.0. The molecule has 0 bridgehead atoms. The van der Waals surface area contributed by atoms with Gasteiger partial charge in [0, 0.05) is 32.1 Å². The highest BCUT2D eigenvalue weighted by atomic mass is 32.2. The summed E-state index contributed by atoms with van der Waals surface area (Å²) in [7, 11) is 3.96. The fourth-order valence-electron chi connectivity index (χ4n) is 3.12. The van der Waals surface area contributed by atoms with Crippen molar-refractivity contribution in [1.82, 2.24) is 15.3 Å². The van der Waals surface area contributed by atoms with Crippen LogP contribution in [0.3, 0.4) is 0 Å². The Labute approximate surface area is 186 Å². The van der Waals surface area contributed by atoms with Crippen LogP contribution in [0.25, 0.3) is 10.6 Å². The summed E-state index contributed by atoms with van der Waals surface area (Å²) in [6.07, 6.45) is -4.93. The number of thioether (sulfide) groups is 1. The zero-order valence-electron chi connectivity index (χ0n) is 16.9. The number of halogens is 3. The first-order chi connectivity index (χ1) is 14.8. The van der Waals surface area contributed by atoms with E-state index in [9.17, 15) is 13.2 Å². The van der Waals surface area contributed by atoms with Crippen molar-refractivity contribution in [2.24, 2.45) is 0 Å². The second-order valence-corrected chi connectivity index (χ2v) is 9.17. The van der Waals surface area contributed by atoms with Gasteiger partial charge < -0.3 is 9.64 Å². The summed E-state index contributed by atoms with van der Waals surface area (Å²) < 4.78 is 46.0. The molecule has 1 aromatic carbocycles. The van der Waals surface area contributed by atoms with Crippen molar-refractivity contribution in [3.05, 3.63) is 59.1 Å². The number of hydrogen-bond acceptors (Lipinski definition) is 7. The quantitative estimate of drug-likeness (QED) is 0.404. The molecular weight excluding hydrogens is 445 g/mol. The Balaban J connectivity index is 1.43. The van der Waals surface area contributed by atoms with Crippen LogP contribution < -0.4 is 10.2 Å². The summed E-state index contributed by atoms with van der Waals surface area (Å²) in [5.74, 6) is 0.449. The lowest BCUT2D eigenvalue weighted by Crippen LogP contribution is -2.17. The summed E-state index contributed by atoms with van der Waals surface area (Å²) in [5, 5.41) is 5.21. The van der Waals surface area contributed by atoms with Gasteiger partial charge in [-0.25, -0.2) is 9.97 Å². The minimum absolute atomic E-state index is 0.0978. The van der Waals surface area contributed by atoms with Crippen LogP contribution in [0.15, 0.2) is 53.0 Å². The number of rotatable bonds is 6. The van der Waals surface area contributed by atoms with Crippen LogP contribution in [0, 0.1) is 0 Å². The van der Waals surface area contributed by atoms with Crippen molar-refractivity contribution in [3.63, 3.8) is 0 Å². The molecule has 1 fully saturated rings. The molecule has 0 saturated carbocycles. The van der Waals surface area contributed by atoms with E-state index in [0.717, 1.165) is 17.3 Å². The van der Waals surface area contributed by atoms with E-state index < -0.39 is 11.9 Å². The highest BCUT2D eigenvalue weighted by molar-refractivity contribution is 7.99. The van der Waals surface area contributed by atoms with Gasteiger partial charge in [-0.1, -0.05) is 30.0 Å². The van der Waals surface area contributed by atoms with Gasteiger partial charge in [-0.3, -0.25) is 5.32 Å². The fourth-order valence-corrected chi connectivity index (χ4v) is 4.67. The van der Waals surface area contributed by atoms with Crippen LogP contribution in [-0.4, -0.2) is 42.5 Å². The molecule has 2 atom stereocenters. The predicted octanol–water partition coefficient (Wildman–Crippen LogP) is 5.07. The van der Waals surface area contributed by atoms with E-state index in [1.54, 1.807) is 17.5 Å². The number of ether oxygens (including phenoxy) is 1. The lowest BCUT2D eigenvalue weighted by molar-refractivity contribution is -0.141. The van der Waals surface area contributed by atoms with Gasteiger partial charge >= 0.3 is 6.18 Å². The van der Waals surface area contributed by atoms with Gasteiger partial charge in [-0.2, -0.15) is 13.2 Å². The Morgan fingerprint density at radius 3 is 2.61 bits per heavy atom. The molecule has 3 heterocycles. The van der Waals surface area contributed by atoms with Crippen molar-refractivity contribution in [3.8, 4) is 10.6 Å². The van der Waals surface area contributed by atoms with Gasteiger partial charge in [0.1, 0.15) is 11.9 Å². The first kappa shape index (κ1) is 22.1. The molecule has 3 aromatic rings. The number of aromatic nitrogens is 2. The molecule has 5 nitrogen and oxygen atoms in total. The van der Waals surface area contributed by atoms with Gasteiger partial charge in [0.05, 0.1) is 16.7 Å². The first-order valence-corrected chi connectivity index (χ1v) is 11.5. The number of thiophene rings is 1. The molecule has 1 saturated heterocycles. The Bertz CT molecular complexity index is 1010. The highest BCUT2D eigenvalue weighted by Gasteiger charge is 2.34. The summed E-state index contributed by atoms with van der Waals surface area (Å²) in [4.78, 5) is 10.8. The first-order valence-electron chi connectivity index (χ1n) is 9.58. The predicted molar refractivity (Wildman–Crippen MR) is 117 cm³/mol. The van der Waals surface area contributed by atoms with Crippen LogP contribution in [0.1, 0.15) is 17.5 Å². The van der Waals surface area contributed by atoms with E-state index in [4.69, 9.17) is 4.74 Å². The van der Waals surface area contributed by atoms with E-state index in [-0.39, 0.29) is 23.2 Å². The maximum absolute atomic E-state index is 13.3. The van der Waals surface area contributed by atoms with E-state index in [1.807, 2.05) is 43.3 Å². The summed E-state index contributed by atoms with van der Waals surface area (Å²) >= 11 is 2.52. The van der Waals surface area contributed by atoms with Crippen molar-refractivity contribution in [2.75, 3.05) is 31.3 Å². The van der Waals surface area contributed by atoms with Gasteiger partial charge in [0.2, 0.25) is 0 Å². The molecule has 1 aliphatic heterocycles. The highest BCUT2D eigenvalue weighted by Crippen LogP contribution is 2.34. The third-order valence-corrected chi connectivity index (χ3v) is 6.61. The Kier molecular flexibility index (Phi) is 6.52. The molecule has 1 N–H and O–H groups in total. The molecule has 1 aliphatic rings. The van der Waals surface area contributed by atoms with Crippen LogP contribution in [-0.2, 0) is 10.9 Å². The van der Waals surface area contributed by atoms with E-state index >= 15 is 0 Å². The van der Waals surface area contributed by atoms with Crippen molar-refractivity contribution < 1.29 is 17.9 Å². The molecule has 31 heavy (non-hydrogen) atoms. The van der Waals surface area contributed by atoms with Crippen molar-refractivity contribution >= 4 is 28.8 Å². The molecule has 10 heteroatoms. The van der Waals surface area contributed by atoms with Crippen LogP contribution in [0.2, 0.25) is 0 Å². The zero-order valence-corrected chi connectivity index (χ0v) is 18.5. The van der Waals surface area contributed by atoms with Gasteiger partial charge in [0.15, 0.2) is 5.16 Å². The summed E-state index contributed by atoms with van der Waals surface area (Å²) in [6, 6.07) is 12.6. The number of anilines is 1. The van der Waals surface area contributed by atoms with E-state index in [2.05, 4.69) is 15.3 Å². The molecule has 0 spiro atoms. The molecule has 164 valence electrons. The average molecular weight is 467 g/mol. The van der Waals surface area contributed by atoms with Crippen molar-refractivity contribution in [1.29, 1.82) is 0 Å². The van der Waals surface area contributed by atoms with Crippen molar-refractivity contribution in [2.45, 2.75) is 23.7 Å². The standard InChI is InChI=1S/C21H21F3N4OS2/c1-28(2)14-7-5-13(6-8-14)19-25-11-15(29-19)12-31-20-26-16(17-4-3-9-30-17)10-18(27-20)21(22,23)24/h3-10,15,19,25H,11-12H2,1-2H3. The molecule has 4 rings (SSSR count). The maximum atomic E-state index is 13.3. The number of nitrogens with zero attached hydrogens (tertiary/aromatic N) is 3.